The third kappa shape index (κ3) is 4.88. The third-order valence-corrected chi connectivity index (χ3v) is 5.94. The number of hydrogen-bond donors (Lipinski definition) is 1. The van der Waals surface area contributed by atoms with Crippen LogP contribution in [0.5, 0.6) is 0 Å². The number of fused-ring (bicyclic) bond motifs is 1. The number of nitrogens with one attached hydrogen (secondary N) is 1. The maximum Gasteiger partial charge on any atom is 0.148 e. The molecule has 152 valence electrons. The van der Waals surface area contributed by atoms with E-state index in [2.05, 4.69) is 27.0 Å². The van der Waals surface area contributed by atoms with Crippen molar-refractivity contribution in [1.82, 2.24) is 15.1 Å². The van der Waals surface area contributed by atoms with Crippen LogP contribution >= 0.6 is 0 Å². The Labute approximate surface area is 170 Å². The number of benzene rings is 1. The van der Waals surface area contributed by atoms with Crippen LogP contribution in [-0.4, -0.2) is 34.2 Å². The van der Waals surface area contributed by atoms with Gasteiger partial charge in [-0.15, -0.1) is 10.2 Å². The number of nitrogens with zero attached hydrogens (tertiary/aromatic N) is 3. The fraction of sp³-hybridized carbons (Fsp3) is 0.391. The third-order valence-electron chi connectivity index (χ3n) is 5.94. The van der Waals surface area contributed by atoms with Crippen molar-refractivity contribution in [2.24, 2.45) is 11.8 Å². The number of allylic oxidation sites excluding steroid dienone is 3. The first-order chi connectivity index (χ1) is 14.0. The highest BCUT2D eigenvalue weighted by Crippen LogP contribution is 2.39. The number of aromatic nitrogens is 2. The van der Waals surface area contributed by atoms with E-state index in [1.165, 1.54) is 18.2 Å². The summed E-state index contributed by atoms with van der Waals surface area (Å²) in [5, 5.41) is 11.9. The predicted octanol–water partition coefficient (Wildman–Crippen LogP) is 4.82. The average molecular weight is 396 g/mol. The van der Waals surface area contributed by atoms with Crippen molar-refractivity contribution in [1.29, 1.82) is 0 Å². The van der Waals surface area contributed by atoms with Crippen LogP contribution in [0.2, 0.25) is 0 Å². The number of anilines is 1. The lowest BCUT2D eigenvalue weighted by atomic mass is 10.0. The Hall–Kier alpha value is -2.60. The minimum Gasteiger partial charge on any atom is -0.366 e. The summed E-state index contributed by atoms with van der Waals surface area (Å²) in [5.74, 6) is 1.45. The summed E-state index contributed by atoms with van der Waals surface area (Å²) in [6.45, 7) is 8.09. The normalized spacial score (nSPS) is 24.5. The van der Waals surface area contributed by atoms with Gasteiger partial charge in [-0.1, -0.05) is 18.7 Å². The van der Waals surface area contributed by atoms with Crippen LogP contribution in [0.15, 0.2) is 54.9 Å². The quantitative estimate of drug-likeness (QED) is 0.711. The Morgan fingerprint density at radius 1 is 1.14 bits per heavy atom. The number of hydrogen-bond acceptors (Lipinski definition) is 4. The Morgan fingerprint density at radius 2 is 1.83 bits per heavy atom. The molecule has 2 aliphatic rings. The number of likely N-dealkylation sites (tertiary alicyclic amines) is 1. The maximum atomic E-state index is 13.1. The van der Waals surface area contributed by atoms with Crippen molar-refractivity contribution in [3.05, 3.63) is 72.0 Å². The van der Waals surface area contributed by atoms with Gasteiger partial charge >= 0.3 is 0 Å². The van der Waals surface area contributed by atoms with Gasteiger partial charge in [0.05, 0.1) is 5.69 Å². The minimum absolute atomic E-state index is 0.184. The van der Waals surface area contributed by atoms with Gasteiger partial charge in [0.25, 0.3) is 0 Å². The number of halogens is 2. The van der Waals surface area contributed by atoms with Gasteiger partial charge in [0.2, 0.25) is 0 Å². The zero-order chi connectivity index (χ0) is 20.4. The molecule has 1 saturated carbocycles. The zero-order valence-electron chi connectivity index (χ0n) is 16.6. The fourth-order valence-corrected chi connectivity index (χ4v) is 4.63. The van der Waals surface area contributed by atoms with E-state index >= 15 is 0 Å². The van der Waals surface area contributed by atoms with E-state index in [-0.39, 0.29) is 5.82 Å². The molecule has 29 heavy (non-hydrogen) atoms. The van der Waals surface area contributed by atoms with E-state index in [0.717, 1.165) is 43.9 Å². The molecule has 2 heterocycles. The summed E-state index contributed by atoms with van der Waals surface area (Å²) in [4.78, 5) is 2.47. The van der Waals surface area contributed by atoms with Gasteiger partial charge in [-0.2, -0.15) is 0 Å². The monoisotopic (exact) mass is 396 g/mol. The lowest BCUT2D eigenvalue weighted by molar-refractivity contribution is 0.301. The van der Waals surface area contributed by atoms with Crippen LogP contribution in [0.25, 0.3) is 5.57 Å². The maximum absolute atomic E-state index is 13.1. The topological polar surface area (TPSA) is 41.0 Å². The molecule has 3 atom stereocenters. The molecule has 6 heteroatoms. The molecule has 2 fully saturated rings. The van der Waals surface area contributed by atoms with Crippen molar-refractivity contribution in [2.75, 3.05) is 18.4 Å². The lowest BCUT2D eigenvalue weighted by Crippen LogP contribution is -2.25. The van der Waals surface area contributed by atoms with Crippen molar-refractivity contribution >= 4 is 11.4 Å². The summed E-state index contributed by atoms with van der Waals surface area (Å²) in [6.07, 6.45) is 3.59. The molecule has 1 N–H and O–H groups in total. The SMILES string of the molecule is C=C(F)/C=C(\C)c1ccc(N[C@@H]2CC3CN(Cc4ccc(F)cc4)C[C@H]3C2)nn1. The van der Waals surface area contributed by atoms with E-state index in [1.54, 1.807) is 6.92 Å². The standard InChI is InChI=1S/C23H26F2N4/c1-15(9-16(2)24)22-7-8-23(28-27-22)26-21-10-18-13-29(14-19(18)11-21)12-17-3-5-20(25)6-4-17/h3-9,18-19,21H,2,10-14H2,1H3,(H,26,28)/b15-9+/t18-,19?,21+/m1/s1. The largest absolute Gasteiger partial charge is 0.366 e. The summed E-state index contributed by atoms with van der Waals surface area (Å²) in [5.41, 5.74) is 2.51. The Balaban J connectivity index is 1.28. The van der Waals surface area contributed by atoms with Gasteiger partial charge in [-0.25, -0.2) is 8.78 Å². The van der Waals surface area contributed by atoms with E-state index in [1.807, 2.05) is 24.3 Å². The molecule has 0 amide bonds. The van der Waals surface area contributed by atoms with Crippen LogP contribution in [0, 0.1) is 17.7 Å². The van der Waals surface area contributed by atoms with Crippen LogP contribution < -0.4 is 5.32 Å². The second-order valence-corrected chi connectivity index (χ2v) is 8.23. The highest BCUT2D eigenvalue weighted by Gasteiger charge is 2.40. The van der Waals surface area contributed by atoms with Crippen molar-refractivity contribution in [3.8, 4) is 0 Å². The molecule has 1 unspecified atom stereocenters. The van der Waals surface area contributed by atoms with Crippen LogP contribution in [-0.2, 0) is 6.54 Å². The van der Waals surface area contributed by atoms with Crippen molar-refractivity contribution in [2.45, 2.75) is 32.4 Å². The van der Waals surface area contributed by atoms with E-state index in [0.29, 0.717) is 29.1 Å². The molecule has 1 aliphatic heterocycles. The fourth-order valence-electron chi connectivity index (χ4n) is 4.63. The molecule has 4 nitrogen and oxygen atoms in total. The Bertz CT molecular complexity index is 878. The zero-order valence-corrected chi connectivity index (χ0v) is 16.6. The van der Waals surface area contributed by atoms with Gasteiger partial charge < -0.3 is 5.32 Å². The second-order valence-electron chi connectivity index (χ2n) is 8.23. The smallest absolute Gasteiger partial charge is 0.148 e. The molecule has 1 aromatic heterocycles. The second kappa shape index (κ2) is 8.41. The van der Waals surface area contributed by atoms with Crippen molar-refractivity contribution < 1.29 is 8.78 Å². The first-order valence-corrected chi connectivity index (χ1v) is 10.1. The Morgan fingerprint density at radius 3 is 2.41 bits per heavy atom. The summed E-state index contributed by atoms with van der Waals surface area (Å²) in [7, 11) is 0. The van der Waals surface area contributed by atoms with E-state index in [9.17, 15) is 8.78 Å². The summed E-state index contributed by atoms with van der Waals surface area (Å²) < 4.78 is 26.0. The molecule has 1 aromatic carbocycles. The molecule has 4 rings (SSSR count). The first-order valence-electron chi connectivity index (χ1n) is 10.1. The van der Waals surface area contributed by atoms with E-state index in [4.69, 9.17) is 0 Å². The van der Waals surface area contributed by atoms with Crippen LogP contribution in [0.1, 0.15) is 31.0 Å². The van der Waals surface area contributed by atoms with Crippen LogP contribution in [0.4, 0.5) is 14.6 Å². The average Bonchev–Trinajstić information content (AvgIpc) is 3.21. The number of rotatable bonds is 6. The van der Waals surface area contributed by atoms with Gasteiger partial charge in [-0.05, 0) is 73.1 Å². The lowest BCUT2D eigenvalue weighted by Gasteiger charge is -2.20. The predicted molar refractivity (Wildman–Crippen MR) is 111 cm³/mol. The van der Waals surface area contributed by atoms with E-state index < -0.39 is 5.83 Å². The van der Waals surface area contributed by atoms with Gasteiger partial charge in [0.1, 0.15) is 17.5 Å². The van der Waals surface area contributed by atoms with Crippen LogP contribution in [0.3, 0.4) is 0 Å². The molecule has 0 spiro atoms. The molecule has 1 aliphatic carbocycles. The van der Waals surface area contributed by atoms with Crippen molar-refractivity contribution in [3.63, 3.8) is 0 Å². The molecule has 0 bridgehead atoms. The minimum atomic E-state index is -0.488. The van der Waals surface area contributed by atoms with Gasteiger partial charge in [-0.3, -0.25) is 4.90 Å². The molecular weight excluding hydrogens is 370 g/mol. The molecular formula is C23H26F2N4. The summed E-state index contributed by atoms with van der Waals surface area (Å²) in [6, 6.07) is 11.0. The Kier molecular flexibility index (Phi) is 5.72. The molecule has 1 saturated heterocycles. The molecule has 0 radical (unpaired) electrons. The van der Waals surface area contributed by atoms with Gasteiger partial charge in [0, 0.05) is 25.7 Å². The highest BCUT2D eigenvalue weighted by atomic mass is 19.1. The molecule has 2 aromatic rings. The van der Waals surface area contributed by atoms with Gasteiger partial charge in [0.15, 0.2) is 0 Å². The highest BCUT2D eigenvalue weighted by molar-refractivity contribution is 5.63. The summed E-state index contributed by atoms with van der Waals surface area (Å²) >= 11 is 0. The first kappa shape index (κ1) is 19.7.